The van der Waals surface area contributed by atoms with Gasteiger partial charge in [-0.15, -0.1) is 22.7 Å². The van der Waals surface area contributed by atoms with Gasteiger partial charge in [-0.2, -0.15) is 0 Å². The molecule has 11 rings (SSSR count). The van der Waals surface area contributed by atoms with Crippen molar-refractivity contribution in [2.24, 2.45) is 0 Å². The second kappa shape index (κ2) is 14.0. The van der Waals surface area contributed by atoms with E-state index in [9.17, 15) is 0 Å². The molecule has 0 saturated heterocycles. The van der Waals surface area contributed by atoms with Gasteiger partial charge in [-0.1, -0.05) is 146 Å². The van der Waals surface area contributed by atoms with E-state index in [-0.39, 0.29) is 0 Å². The number of thiazole rings is 1. The van der Waals surface area contributed by atoms with Gasteiger partial charge in [-0.05, 0) is 105 Å². The van der Waals surface area contributed by atoms with E-state index < -0.39 is 0 Å². The summed E-state index contributed by atoms with van der Waals surface area (Å²) in [5.74, 6) is 0. The summed E-state index contributed by atoms with van der Waals surface area (Å²) in [6.07, 6.45) is 0. The molecule has 0 spiro atoms. The van der Waals surface area contributed by atoms with E-state index in [4.69, 9.17) is 4.98 Å². The van der Waals surface area contributed by atoms with Crippen molar-refractivity contribution in [3.8, 4) is 44.0 Å². The first-order valence-corrected chi connectivity index (χ1v) is 20.8. The summed E-state index contributed by atoms with van der Waals surface area (Å²) in [7, 11) is 0. The highest BCUT2D eigenvalue weighted by atomic mass is 32.1. The van der Waals surface area contributed by atoms with Crippen LogP contribution in [0.2, 0.25) is 0 Å². The third-order valence-corrected chi connectivity index (χ3v) is 13.1. The van der Waals surface area contributed by atoms with Gasteiger partial charge in [0.15, 0.2) is 0 Å². The first-order chi connectivity index (χ1) is 28.2. The number of rotatable bonds is 7. The molecular formula is C53H34N2S2. The second-order valence-corrected chi connectivity index (χ2v) is 16.5. The standard InChI is InChI=1S/C53H34N2S2/c1-3-10-35(11-4-1)38-18-21-40(22-19-38)53-54-52-50(57-53)31-30-49-51(52)47-34-46(28-29-48(47)56-49)55(45-17-9-16-42(33-45)36-12-5-2-6-13-36)44-26-24-39(25-27-44)43-23-20-37-14-7-8-15-41(37)32-43/h1-34H. The summed E-state index contributed by atoms with van der Waals surface area (Å²) in [5, 5.41) is 5.99. The number of fused-ring (bicyclic) bond motifs is 6. The summed E-state index contributed by atoms with van der Waals surface area (Å²) >= 11 is 3.60. The lowest BCUT2D eigenvalue weighted by Crippen LogP contribution is -2.10. The Balaban J connectivity index is 1.03. The Morgan fingerprint density at radius 3 is 1.67 bits per heavy atom. The Kier molecular flexibility index (Phi) is 8.24. The van der Waals surface area contributed by atoms with Gasteiger partial charge in [0.25, 0.3) is 0 Å². The average molecular weight is 763 g/mol. The van der Waals surface area contributed by atoms with Crippen LogP contribution in [0.15, 0.2) is 206 Å². The minimum atomic E-state index is 1.04. The first-order valence-electron chi connectivity index (χ1n) is 19.2. The molecule has 2 aromatic heterocycles. The summed E-state index contributed by atoms with van der Waals surface area (Å²) in [5.41, 5.74) is 12.7. The van der Waals surface area contributed by atoms with Gasteiger partial charge >= 0.3 is 0 Å². The highest BCUT2D eigenvalue weighted by molar-refractivity contribution is 7.26. The predicted molar refractivity (Wildman–Crippen MR) is 246 cm³/mol. The maximum atomic E-state index is 5.34. The minimum absolute atomic E-state index is 1.04. The molecule has 0 N–H and O–H groups in total. The number of thiophene rings is 1. The number of anilines is 3. The molecule has 0 saturated carbocycles. The van der Waals surface area contributed by atoms with Crippen LogP contribution in [0.5, 0.6) is 0 Å². The Morgan fingerprint density at radius 2 is 0.877 bits per heavy atom. The molecule has 0 unspecified atom stereocenters. The van der Waals surface area contributed by atoms with Crippen LogP contribution in [0, 0.1) is 0 Å². The first kappa shape index (κ1) is 33.5. The van der Waals surface area contributed by atoms with Gasteiger partial charge in [0, 0.05) is 42.8 Å². The molecule has 0 amide bonds. The van der Waals surface area contributed by atoms with Crippen molar-refractivity contribution in [3.63, 3.8) is 0 Å². The van der Waals surface area contributed by atoms with E-state index in [0.717, 1.165) is 33.1 Å². The topological polar surface area (TPSA) is 16.1 Å². The fourth-order valence-electron chi connectivity index (χ4n) is 8.01. The minimum Gasteiger partial charge on any atom is -0.310 e. The average Bonchev–Trinajstić information content (AvgIpc) is 3.89. The van der Waals surface area contributed by atoms with Crippen LogP contribution in [-0.2, 0) is 0 Å². The SMILES string of the molecule is c1ccc(-c2ccc(-c3nc4c(ccc5sc6ccc(N(c7ccc(-c8ccc9ccccc9c8)cc7)c7cccc(-c8ccccc8)c7)cc6c54)s3)cc2)cc1. The lowest BCUT2D eigenvalue weighted by atomic mass is 10.0. The van der Waals surface area contributed by atoms with E-state index in [1.54, 1.807) is 11.3 Å². The van der Waals surface area contributed by atoms with Crippen molar-refractivity contribution in [2.75, 3.05) is 4.90 Å². The van der Waals surface area contributed by atoms with E-state index in [2.05, 4.69) is 211 Å². The molecule has 0 aliphatic heterocycles. The van der Waals surface area contributed by atoms with E-state index in [0.29, 0.717) is 0 Å². The lowest BCUT2D eigenvalue weighted by molar-refractivity contribution is 1.29. The molecule has 0 bridgehead atoms. The van der Waals surface area contributed by atoms with Crippen molar-refractivity contribution >= 4 is 80.9 Å². The number of aromatic nitrogens is 1. The van der Waals surface area contributed by atoms with Gasteiger partial charge < -0.3 is 4.90 Å². The van der Waals surface area contributed by atoms with Crippen molar-refractivity contribution in [1.82, 2.24) is 4.98 Å². The molecule has 4 heteroatoms. The van der Waals surface area contributed by atoms with Crippen LogP contribution < -0.4 is 4.90 Å². The van der Waals surface area contributed by atoms with Gasteiger partial charge in [-0.25, -0.2) is 4.98 Å². The summed E-state index contributed by atoms with van der Waals surface area (Å²) < 4.78 is 3.71. The Hall–Kier alpha value is -6.85. The van der Waals surface area contributed by atoms with Crippen LogP contribution in [-0.4, -0.2) is 4.98 Å². The molecule has 57 heavy (non-hydrogen) atoms. The third kappa shape index (κ3) is 6.16. The molecule has 11 aromatic rings. The second-order valence-electron chi connectivity index (χ2n) is 14.4. The van der Waals surface area contributed by atoms with Crippen LogP contribution in [0.3, 0.4) is 0 Å². The number of nitrogens with zero attached hydrogens (tertiary/aromatic N) is 2. The number of hydrogen-bond donors (Lipinski definition) is 0. The quantitative estimate of drug-likeness (QED) is 0.161. The maximum absolute atomic E-state index is 5.34. The highest BCUT2D eigenvalue weighted by Gasteiger charge is 2.19. The van der Waals surface area contributed by atoms with Gasteiger partial charge in [0.05, 0.1) is 10.2 Å². The van der Waals surface area contributed by atoms with Crippen molar-refractivity contribution in [2.45, 2.75) is 0 Å². The van der Waals surface area contributed by atoms with E-state index >= 15 is 0 Å². The predicted octanol–water partition coefficient (Wildman–Crippen LogP) is 16.0. The zero-order valence-corrected chi connectivity index (χ0v) is 32.5. The zero-order valence-electron chi connectivity index (χ0n) is 30.8. The molecular weight excluding hydrogens is 729 g/mol. The van der Waals surface area contributed by atoms with Crippen molar-refractivity contribution in [3.05, 3.63) is 206 Å². The van der Waals surface area contributed by atoms with Crippen molar-refractivity contribution < 1.29 is 0 Å². The molecule has 9 aromatic carbocycles. The largest absolute Gasteiger partial charge is 0.310 e. The molecule has 0 aliphatic carbocycles. The summed E-state index contributed by atoms with van der Waals surface area (Å²) in [6.45, 7) is 0. The molecule has 0 fully saturated rings. The smallest absolute Gasteiger partial charge is 0.124 e. The molecule has 268 valence electrons. The molecule has 2 heterocycles. The third-order valence-electron chi connectivity index (χ3n) is 10.9. The molecule has 0 atom stereocenters. The Labute approximate surface area is 339 Å². The molecule has 0 radical (unpaired) electrons. The van der Waals surface area contributed by atoms with Gasteiger partial charge in [-0.3, -0.25) is 0 Å². The van der Waals surface area contributed by atoms with Crippen LogP contribution >= 0.6 is 22.7 Å². The van der Waals surface area contributed by atoms with E-state index in [1.165, 1.54) is 69.0 Å². The number of benzene rings is 9. The van der Waals surface area contributed by atoms with Gasteiger partial charge in [0.1, 0.15) is 5.01 Å². The van der Waals surface area contributed by atoms with Crippen LogP contribution in [0.25, 0.3) is 85.1 Å². The summed E-state index contributed by atoms with van der Waals surface area (Å²) in [4.78, 5) is 7.73. The zero-order chi connectivity index (χ0) is 37.7. The maximum Gasteiger partial charge on any atom is 0.124 e. The van der Waals surface area contributed by atoms with Gasteiger partial charge in [0.2, 0.25) is 0 Å². The molecule has 2 nitrogen and oxygen atoms in total. The summed E-state index contributed by atoms with van der Waals surface area (Å²) in [6, 6.07) is 74.6. The molecule has 0 aliphatic rings. The van der Waals surface area contributed by atoms with Crippen molar-refractivity contribution in [1.29, 1.82) is 0 Å². The Bertz CT molecular complexity index is 3220. The Morgan fingerprint density at radius 1 is 0.333 bits per heavy atom. The monoisotopic (exact) mass is 762 g/mol. The lowest BCUT2D eigenvalue weighted by Gasteiger charge is -2.26. The van der Waals surface area contributed by atoms with Crippen LogP contribution in [0.4, 0.5) is 17.1 Å². The fourth-order valence-corrected chi connectivity index (χ4v) is 10.1. The van der Waals surface area contributed by atoms with E-state index in [1.807, 2.05) is 11.3 Å². The van der Waals surface area contributed by atoms with Crippen LogP contribution in [0.1, 0.15) is 0 Å². The highest BCUT2D eigenvalue weighted by Crippen LogP contribution is 2.45. The normalized spacial score (nSPS) is 11.5. The number of hydrogen-bond acceptors (Lipinski definition) is 4. The fraction of sp³-hybridized carbons (Fsp3) is 0.